The number of aromatic nitrogens is 2. The van der Waals surface area contributed by atoms with E-state index in [4.69, 9.17) is 0 Å². The van der Waals surface area contributed by atoms with Gasteiger partial charge in [0.1, 0.15) is 0 Å². The van der Waals surface area contributed by atoms with E-state index < -0.39 is 35.4 Å². The number of nitrogens with zero attached hydrogens (tertiary/aromatic N) is 3. The van der Waals surface area contributed by atoms with Gasteiger partial charge in [0.15, 0.2) is 5.54 Å². The van der Waals surface area contributed by atoms with Crippen molar-refractivity contribution >= 4 is 17.5 Å². The molecule has 1 saturated carbocycles. The summed E-state index contributed by atoms with van der Waals surface area (Å²) in [7, 11) is 0. The van der Waals surface area contributed by atoms with Gasteiger partial charge in [0.05, 0.1) is 30.2 Å². The molecule has 3 unspecified atom stereocenters. The Kier molecular flexibility index (Phi) is 7.94. The summed E-state index contributed by atoms with van der Waals surface area (Å²) in [5.74, 6) is -1.67. The molecule has 2 amide bonds. The number of halogens is 1. The molecule has 1 aromatic heterocycles. The van der Waals surface area contributed by atoms with E-state index in [-0.39, 0.29) is 30.1 Å². The van der Waals surface area contributed by atoms with Gasteiger partial charge in [0, 0.05) is 18.3 Å². The van der Waals surface area contributed by atoms with Crippen molar-refractivity contribution in [1.82, 2.24) is 20.6 Å². The molecule has 4 rings (SSSR count). The van der Waals surface area contributed by atoms with E-state index in [0.717, 1.165) is 43.9 Å². The number of benzene rings is 1. The van der Waals surface area contributed by atoms with Gasteiger partial charge in [-0.05, 0) is 49.3 Å². The molecule has 2 aliphatic rings. The fourth-order valence-electron chi connectivity index (χ4n) is 5.26. The monoisotopic (exact) mass is 511 g/mol. The number of aliphatic hydroxyl groups is 1. The first-order valence-corrected chi connectivity index (χ1v) is 13.1. The van der Waals surface area contributed by atoms with E-state index in [0.29, 0.717) is 5.69 Å². The predicted octanol–water partition coefficient (Wildman–Crippen LogP) is 3.33. The summed E-state index contributed by atoms with van der Waals surface area (Å²) in [4.78, 5) is 37.6. The number of aliphatic hydroxyl groups excluding tert-OH is 1. The summed E-state index contributed by atoms with van der Waals surface area (Å²) in [6.07, 6.45) is 6.71. The number of rotatable bonds is 6. The number of carbonyl (C=O) groups is 2. The number of amides is 2. The van der Waals surface area contributed by atoms with Crippen LogP contribution < -0.4 is 15.5 Å². The van der Waals surface area contributed by atoms with E-state index >= 15 is 0 Å². The molecule has 0 radical (unpaired) electrons. The molecule has 37 heavy (non-hydrogen) atoms. The van der Waals surface area contributed by atoms with Gasteiger partial charge in [-0.25, -0.2) is 4.98 Å². The molecule has 2 aromatic rings. The molecule has 3 atom stereocenters. The number of anilines is 1. The molecule has 200 valence electrons. The fraction of sp³-hybridized carbons (Fsp3) is 0.571. The van der Waals surface area contributed by atoms with E-state index in [2.05, 4.69) is 41.4 Å². The highest BCUT2D eigenvalue weighted by atomic mass is 19.1. The van der Waals surface area contributed by atoms with Gasteiger partial charge >= 0.3 is 0 Å². The van der Waals surface area contributed by atoms with Gasteiger partial charge in [-0.2, -0.15) is 4.39 Å². The molecule has 0 bridgehead atoms. The largest absolute Gasteiger partial charge is 0.392 e. The van der Waals surface area contributed by atoms with Crippen molar-refractivity contribution in [2.24, 2.45) is 0 Å². The smallest absolute Gasteiger partial charge is 0.252 e. The molecule has 8 nitrogen and oxygen atoms in total. The summed E-state index contributed by atoms with van der Waals surface area (Å²) in [5, 5.41) is 16.3. The van der Waals surface area contributed by atoms with Crippen molar-refractivity contribution in [3.8, 4) is 0 Å². The topological polar surface area (TPSA) is 107 Å². The highest BCUT2D eigenvalue weighted by molar-refractivity contribution is 6.06. The van der Waals surface area contributed by atoms with Crippen LogP contribution in [0.5, 0.6) is 0 Å². The molecular formula is C28H38FN5O3. The quantitative estimate of drug-likeness (QED) is 0.549. The maximum absolute atomic E-state index is 14.4. The Balaban J connectivity index is 1.83. The third kappa shape index (κ3) is 5.83. The van der Waals surface area contributed by atoms with Crippen molar-refractivity contribution in [3.05, 3.63) is 53.9 Å². The molecule has 0 spiro atoms. The first-order valence-electron chi connectivity index (χ1n) is 13.1. The summed E-state index contributed by atoms with van der Waals surface area (Å²) in [6, 6.07) is 6.74. The van der Waals surface area contributed by atoms with Gasteiger partial charge in [-0.1, -0.05) is 52.2 Å². The Hall–Kier alpha value is -2.91. The van der Waals surface area contributed by atoms with Crippen LogP contribution in [0.15, 0.2) is 36.7 Å². The van der Waals surface area contributed by atoms with Crippen LogP contribution in [-0.4, -0.2) is 51.6 Å². The zero-order chi connectivity index (χ0) is 26.8. The van der Waals surface area contributed by atoms with Crippen molar-refractivity contribution in [2.75, 3.05) is 11.4 Å². The lowest BCUT2D eigenvalue weighted by Crippen LogP contribution is -2.61. The second-order valence-electron chi connectivity index (χ2n) is 11.4. The summed E-state index contributed by atoms with van der Waals surface area (Å²) in [5.41, 5.74) is -0.222. The molecule has 9 heteroatoms. The average molecular weight is 512 g/mol. The third-order valence-electron chi connectivity index (χ3n) is 7.55. The molecule has 1 saturated heterocycles. The highest BCUT2D eigenvalue weighted by Gasteiger charge is 2.49. The van der Waals surface area contributed by atoms with Crippen LogP contribution in [0.2, 0.25) is 0 Å². The Morgan fingerprint density at radius 2 is 1.76 bits per heavy atom. The molecule has 3 N–H and O–H groups in total. The van der Waals surface area contributed by atoms with E-state index in [1.165, 1.54) is 11.1 Å². The Bertz CT molecular complexity index is 1110. The highest BCUT2D eigenvalue weighted by Crippen LogP contribution is 2.36. The normalized spacial score (nSPS) is 22.3. The molecule has 2 fully saturated rings. The molecular weight excluding hydrogens is 473 g/mol. The van der Waals surface area contributed by atoms with Crippen LogP contribution in [-0.2, 0) is 20.5 Å². The first kappa shape index (κ1) is 27.1. The summed E-state index contributed by atoms with van der Waals surface area (Å²) in [6.45, 7) is 8.16. The lowest BCUT2D eigenvalue weighted by molar-refractivity contribution is -0.132. The first-order chi connectivity index (χ1) is 17.5. The lowest BCUT2D eigenvalue weighted by atomic mass is 9.86. The van der Waals surface area contributed by atoms with Crippen molar-refractivity contribution in [1.29, 1.82) is 0 Å². The van der Waals surface area contributed by atoms with Gasteiger partial charge in [-0.3, -0.25) is 19.5 Å². The second kappa shape index (κ2) is 10.8. The molecule has 1 aromatic carbocycles. The van der Waals surface area contributed by atoms with Crippen molar-refractivity contribution in [2.45, 2.75) is 95.4 Å². The maximum Gasteiger partial charge on any atom is 0.252 e. The van der Waals surface area contributed by atoms with Crippen LogP contribution in [0, 0.1) is 5.95 Å². The zero-order valence-electron chi connectivity index (χ0n) is 22.1. The molecule has 1 aliphatic heterocycles. The number of hydrogen-bond acceptors (Lipinski definition) is 6. The number of nitrogens with one attached hydrogen (secondary N) is 2. The minimum atomic E-state index is -1.69. The number of hydrogen-bond donors (Lipinski definition) is 3. The number of carbonyl (C=O) groups excluding carboxylic acids is 2. The standard InChI is InChI=1S/C28H38FN5O3/c1-27(2,3)18-10-12-20(13-11-18)34(25(36)22-14-21(35)15-31-22)28(4,23-16-30-17-24(29)33-23)26(37)32-19-8-6-5-7-9-19/h10-13,16-17,19,21-22,31,35H,5-9,14-15H2,1-4H3,(H,32,37). The third-order valence-corrected chi connectivity index (χ3v) is 7.55. The summed E-state index contributed by atoms with van der Waals surface area (Å²) < 4.78 is 14.4. The van der Waals surface area contributed by atoms with Crippen LogP contribution >= 0.6 is 0 Å². The van der Waals surface area contributed by atoms with Gasteiger partial charge in [-0.15, -0.1) is 0 Å². The maximum atomic E-state index is 14.4. The SMILES string of the molecule is CC(C)(C)c1ccc(N(C(=O)C2CC(O)CN2)C(C)(C(=O)NC2CCCCC2)c2cncc(F)n2)cc1. The van der Waals surface area contributed by atoms with Gasteiger partial charge < -0.3 is 15.7 Å². The Labute approximate surface area is 218 Å². The van der Waals surface area contributed by atoms with E-state index in [9.17, 15) is 19.1 Å². The van der Waals surface area contributed by atoms with Crippen LogP contribution in [0.25, 0.3) is 0 Å². The average Bonchev–Trinajstić information content (AvgIpc) is 3.30. The molecule has 1 aliphatic carbocycles. The van der Waals surface area contributed by atoms with Crippen LogP contribution in [0.1, 0.15) is 77.5 Å². The second-order valence-corrected chi connectivity index (χ2v) is 11.4. The van der Waals surface area contributed by atoms with Crippen LogP contribution in [0.4, 0.5) is 10.1 Å². The van der Waals surface area contributed by atoms with Crippen LogP contribution in [0.3, 0.4) is 0 Å². The van der Waals surface area contributed by atoms with Crippen molar-refractivity contribution < 1.29 is 19.1 Å². The number of β-amino-alcohol motifs (C(OH)–C–C–N with tert-alkyl or cyclic N) is 1. The van der Waals surface area contributed by atoms with E-state index in [1.807, 2.05) is 24.3 Å². The van der Waals surface area contributed by atoms with Gasteiger partial charge in [0.2, 0.25) is 11.9 Å². The minimum absolute atomic E-state index is 0.0336. The lowest BCUT2D eigenvalue weighted by Gasteiger charge is -2.41. The van der Waals surface area contributed by atoms with Gasteiger partial charge in [0.25, 0.3) is 5.91 Å². The molecule has 2 heterocycles. The summed E-state index contributed by atoms with van der Waals surface area (Å²) >= 11 is 0. The fourth-order valence-corrected chi connectivity index (χ4v) is 5.26. The predicted molar refractivity (Wildman–Crippen MR) is 139 cm³/mol. The van der Waals surface area contributed by atoms with E-state index in [1.54, 1.807) is 6.92 Å². The Morgan fingerprint density at radius 3 is 2.32 bits per heavy atom. The minimum Gasteiger partial charge on any atom is -0.392 e. The zero-order valence-corrected chi connectivity index (χ0v) is 22.1. The van der Waals surface area contributed by atoms with Crippen molar-refractivity contribution in [3.63, 3.8) is 0 Å². The Morgan fingerprint density at radius 1 is 1.08 bits per heavy atom.